The third-order valence-electron chi connectivity index (χ3n) is 6.66. The van der Waals surface area contributed by atoms with Crippen LogP contribution in [-0.4, -0.2) is 42.5 Å². The Morgan fingerprint density at radius 1 is 1.10 bits per heavy atom. The number of anilines is 1. The fraction of sp³-hybridized carbons (Fsp3) is 0.391. The van der Waals surface area contributed by atoms with Gasteiger partial charge in [-0.05, 0) is 61.6 Å². The summed E-state index contributed by atoms with van der Waals surface area (Å²) in [6.45, 7) is 1.85. The number of urea groups is 1. The van der Waals surface area contributed by atoms with Crippen LogP contribution < -0.4 is 16.4 Å². The molecule has 0 unspecified atom stereocenters. The number of hydrogen-bond donors (Lipinski definition) is 2. The Labute approximate surface area is 181 Å². The van der Waals surface area contributed by atoms with Crippen LogP contribution in [0.15, 0.2) is 48.5 Å². The predicted octanol–water partition coefficient (Wildman–Crippen LogP) is 3.52. The molecule has 0 radical (unpaired) electrons. The van der Waals surface area contributed by atoms with Crippen molar-refractivity contribution >= 4 is 29.2 Å². The molecule has 1 aliphatic heterocycles. The molecule has 1 heterocycles. The lowest BCUT2D eigenvalue weighted by Gasteiger charge is -2.42. The standard InChI is InChI=1S/C23H27ClN4O2/c24-18-5-2-4-17(14-18)23(15-25)9-7-19(8-10-23)27-11-12-28(22(27)30)20-6-1-3-16(13-20)21(26)29/h1-6,13-14,19H,7-12,15,25H2,(H2,26,29)/t19-,23-. The van der Waals surface area contributed by atoms with Gasteiger partial charge in [0.15, 0.2) is 0 Å². The molecule has 2 aliphatic rings. The molecule has 7 heteroatoms. The molecule has 2 fully saturated rings. The van der Waals surface area contributed by atoms with Gasteiger partial charge in [0.2, 0.25) is 5.91 Å². The number of nitrogens with zero attached hydrogens (tertiary/aromatic N) is 2. The Morgan fingerprint density at radius 2 is 1.83 bits per heavy atom. The van der Waals surface area contributed by atoms with Crippen LogP contribution in [-0.2, 0) is 5.41 Å². The number of nitrogens with two attached hydrogens (primary N) is 2. The lowest BCUT2D eigenvalue weighted by Crippen LogP contribution is -2.46. The fourth-order valence-corrected chi connectivity index (χ4v) is 5.05. The highest BCUT2D eigenvalue weighted by Crippen LogP contribution is 2.41. The van der Waals surface area contributed by atoms with Crippen LogP contribution in [0.5, 0.6) is 0 Å². The Morgan fingerprint density at radius 3 is 2.50 bits per heavy atom. The lowest BCUT2D eigenvalue weighted by molar-refractivity contribution is 0.1000. The molecule has 4 N–H and O–H groups in total. The maximum absolute atomic E-state index is 13.1. The zero-order valence-corrected chi connectivity index (χ0v) is 17.6. The Balaban J connectivity index is 1.46. The van der Waals surface area contributed by atoms with Gasteiger partial charge in [0.05, 0.1) is 0 Å². The van der Waals surface area contributed by atoms with Crippen LogP contribution in [0.3, 0.4) is 0 Å². The Kier molecular flexibility index (Phi) is 5.71. The van der Waals surface area contributed by atoms with Crippen LogP contribution in [0.25, 0.3) is 0 Å². The number of primary amides is 1. The highest BCUT2D eigenvalue weighted by Gasteiger charge is 2.41. The van der Waals surface area contributed by atoms with Gasteiger partial charge in [-0.3, -0.25) is 9.69 Å². The molecule has 2 aromatic rings. The van der Waals surface area contributed by atoms with Gasteiger partial charge in [-0.2, -0.15) is 0 Å². The highest BCUT2D eigenvalue weighted by atomic mass is 35.5. The van der Waals surface area contributed by atoms with E-state index in [4.69, 9.17) is 23.1 Å². The molecular weight excluding hydrogens is 400 g/mol. The normalized spacial score (nSPS) is 24.3. The lowest BCUT2D eigenvalue weighted by atomic mass is 9.68. The van der Waals surface area contributed by atoms with Gasteiger partial charge in [-0.25, -0.2) is 4.79 Å². The summed E-state index contributed by atoms with van der Waals surface area (Å²) in [6, 6.07) is 15.1. The molecule has 3 amide bonds. The summed E-state index contributed by atoms with van der Waals surface area (Å²) in [5, 5.41) is 0.728. The van der Waals surface area contributed by atoms with Gasteiger partial charge in [0.1, 0.15) is 0 Å². The van der Waals surface area contributed by atoms with E-state index in [0.29, 0.717) is 30.9 Å². The summed E-state index contributed by atoms with van der Waals surface area (Å²) in [4.78, 5) is 28.3. The van der Waals surface area contributed by atoms with Crippen molar-refractivity contribution in [3.05, 3.63) is 64.7 Å². The van der Waals surface area contributed by atoms with E-state index in [1.165, 1.54) is 5.56 Å². The van der Waals surface area contributed by atoms with Gasteiger partial charge in [-0.1, -0.05) is 29.8 Å². The summed E-state index contributed by atoms with van der Waals surface area (Å²) >= 11 is 6.21. The van der Waals surface area contributed by atoms with Crippen LogP contribution in [0, 0.1) is 0 Å². The molecule has 0 atom stereocenters. The topological polar surface area (TPSA) is 92.7 Å². The van der Waals surface area contributed by atoms with E-state index in [1.54, 1.807) is 23.1 Å². The van der Waals surface area contributed by atoms with Gasteiger partial charge in [-0.15, -0.1) is 0 Å². The van der Waals surface area contributed by atoms with Gasteiger partial charge in [0, 0.05) is 47.4 Å². The fourth-order valence-electron chi connectivity index (χ4n) is 4.86. The second kappa shape index (κ2) is 8.28. The summed E-state index contributed by atoms with van der Waals surface area (Å²) in [7, 11) is 0. The van der Waals surface area contributed by atoms with Crippen molar-refractivity contribution in [3.63, 3.8) is 0 Å². The molecule has 158 valence electrons. The van der Waals surface area contributed by atoms with Crippen LogP contribution >= 0.6 is 11.6 Å². The molecule has 0 bridgehead atoms. The zero-order chi connectivity index (χ0) is 21.3. The Bertz CT molecular complexity index is 956. The molecule has 0 aromatic heterocycles. The second-order valence-corrected chi connectivity index (χ2v) is 8.70. The van der Waals surface area contributed by atoms with Crippen LogP contribution in [0.1, 0.15) is 41.6 Å². The van der Waals surface area contributed by atoms with Crippen molar-refractivity contribution in [3.8, 4) is 0 Å². The van der Waals surface area contributed by atoms with Crippen LogP contribution in [0.2, 0.25) is 5.02 Å². The smallest absolute Gasteiger partial charge is 0.324 e. The van der Waals surface area contributed by atoms with E-state index < -0.39 is 5.91 Å². The van der Waals surface area contributed by atoms with Crippen molar-refractivity contribution in [1.82, 2.24) is 4.90 Å². The van der Waals surface area contributed by atoms with E-state index in [0.717, 1.165) is 30.7 Å². The first-order valence-electron chi connectivity index (χ1n) is 10.4. The number of rotatable bonds is 5. The maximum Gasteiger partial charge on any atom is 0.324 e. The zero-order valence-electron chi connectivity index (χ0n) is 16.9. The quantitative estimate of drug-likeness (QED) is 0.766. The molecular formula is C23H27ClN4O2. The maximum atomic E-state index is 13.1. The number of carbonyl (C=O) groups excluding carboxylic acids is 2. The largest absolute Gasteiger partial charge is 0.366 e. The van der Waals surface area contributed by atoms with E-state index in [2.05, 4.69) is 6.07 Å². The number of carbonyl (C=O) groups is 2. The van der Waals surface area contributed by atoms with Gasteiger partial charge < -0.3 is 16.4 Å². The van der Waals surface area contributed by atoms with Crippen molar-refractivity contribution < 1.29 is 9.59 Å². The molecule has 1 saturated carbocycles. The van der Waals surface area contributed by atoms with Crippen molar-refractivity contribution in [2.45, 2.75) is 37.1 Å². The number of hydrogen-bond acceptors (Lipinski definition) is 3. The molecule has 6 nitrogen and oxygen atoms in total. The van der Waals surface area contributed by atoms with Crippen molar-refractivity contribution in [2.24, 2.45) is 11.5 Å². The molecule has 1 saturated heterocycles. The van der Waals surface area contributed by atoms with Gasteiger partial charge >= 0.3 is 6.03 Å². The molecule has 4 rings (SSSR count). The van der Waals surface area contributed by atoms with E-state index >= 15 is 0 Å². The first kappa shape index (κ1) is 20.7. The van der Waals surface area contributed by atoms with Crippen LogP contribution in [0.4, 0.5) is 10.5 Å². The van der Waals surface area contributed by atoms with E-state index in [9.17, 15) is 9.59 Å². The highest BCUT2D eigenvalue weighted by molar-refractivity contribution is 6.30. The second-order valence-electron chi connectivity index (χ2n) is 8.27. The average molecular weight is 427 g/mol. The van der Waals surface area contributed by atoms with E-state index in [-0.39, 0.29) is 17.5 Å². The van der Waals surface area contributed by atoms with Gasteiger partial charge in [0.25, 0.3) is 0 Å². The minimum Gasteiger partial charge on any atom is -0.366 e. The molecule has 0 spiro atoms. The molecule has 1 aliphatic carbocycles. The van der Waals surface area contributed by atoms with E-state index in [1.807, 2.05) is 29.2 Å². The molecule has 2 aromatic carbocycles. The summed E-state index contributed by atoms with van der Waals surface area (Å²) in [5.74, 6) is -0.494. The minimum absolute atomic E-state index is 0.00961. The van der Waals surface area contributed by atoms with Crippen molar-refractivity contribution in [1.29, 1.82) is 0 Å². The van der Waals surface area contributed by atoms with Crippen molar-refractivity contribution in [2.75, 3.05) is 24.5 Å². The SMILES string of the molecule is NC[C@]1(c2cccc(Cl)c2)CC[C@H](N2CCN(c3cccc(C(N)=O)c3)C2=O)CC1. The minimum atomic E-state index is -0.494. The number of halogens is 1. The summed E-state index contributed by atoms with van der Waals surface area (Å²) < 4.78 is 0. The summed E-state index contributed by atoms with van der Waals surface area (Å²) in [6.07, 6.45) is 3.67. The number of amides is 3. The summed E-state index contributed by atoms with van der Waals surface area (Å²) in [5.41, 5.74) is 13.8. The molecule has 30 heavy (non-hydrogen) atoms. The first-order chi connectivity index (χ1) is 14.4. The third kappa shape index (κ3) is 3.77. The Hall–Kier alpha value is -2.57. The average Bonchev–Trinajstić information content (AvgIpc) is 3.15. The third-order valence-corrected chi connectivity index (χ3v) is 6.90. The first-order valence-corrected chi connectivity index (χ1v) is 10.8. The predicted molar refractivity (Wildman–Crippen MR) is 119 cm³/mol. The number of benzene rings is 2. The monoisotopic (exact) mass is 426 g/mol.